The molecular weight excluding hydrogens is 312 g/mol. The molecule has 0 atom stereocenters. The zero-order chi connectivity index (χ0) is 14.1. The fraction of sp³-hybridized carbons (Fsp3) is 0.538. The van der Waals surface area contributed by atoms with Crippen LogP contribution in [0.4, 0.5) is 5.69 Å². The molecule has 1 aromatic carbocycles. The number of rotatable bonds is 9. The molecule has 0 unspecified atom stereocenters. The number of nitro benzene ring substituents is 1. The van der Waals surface area contributed by atoms with Crippen LogP contribution in [0.15, 0.2) is 22.7 Å². The summed E-state index contributed by atoms with van der Waals surface area (Å²) in [4.78, 5) is 10.6. The van der Waals surface area contributed by atoms with Gasteiger partial charge in [0.1, 0.15) is 0 Å². The molecule has 0 amide bonds. The van der Waals surface area contributed by atoms with E-state index in [-0.39, 0.29) is 10.6 Å². The molecular formula is C13H19BrN2O3. The van der Waals surface area contributed by atoms with Gasteiger partial charge >= 0.3 is 0 Å². The van der Waals surface area contributed by atoms with Crippen LogP contribution in [-0.2, 0) is 11.3 Å². The highest BCUT2D eigenvalue weighted by molar-refractivity contribution is 9.10. The summed E-state index contributed by atoms with van der Waals surface area (Å²) in [6.45, 7) is 2.17. The molecule has 0 fully saturated rings. The zero-order valence-corrected chi connectivity index (χ0v) is 12.6. The van der Waals surface area contributed by atoms with Crippen molar-refractivity contribution in [2.75, 3.05) is 20.3 Å². The molecule has 0 bridgehead atoms. The lowest BCUT2D eigenvalue weighted by Crippen LogP contribution is -2.15. The third-order valence-electron chi connectivity index (χ3n) is 2.76. The number of hydrogen-bond donors (Lipinski definition) is 1. The third kappa shape index (κ3) is 6.13. The van der Waals surface area contributed by atoms with Crippen LogP contribution in [0.2, 0.25) is 0 Å². The van der Waals surface area contributed by atoms with Gasteiger partial charge < -0.3 is 10.1 Å². The van der Waals surface area contributed by atoms with E-state index in [1.54, 1.807) is 13.2 Å². The Morgan fingerprint density at radius 3 is 2.84 bits per heavy atom. The lowest BCUT2D eigenvalue weighted by molar-refractivity contribution is -0.385. The van der Waals surface area contributed by atoms with Gasteiger partial charge in [0.25, 0.3) is 5.69 Å². The SMILES string of the molecule is COCCCCCNCc1ccc(Br)cc1[N+](=O)[O-]. The van der Waals surface area contributed by atoms with Gasteiger partial charge in [-0.05, 0) is 37.9 Å². The minimum atomic E-state index is -0.347. The van der Waals surface area contributed by atoms with E-state index >= 15 is 0 Å². The Hall–Kier alpha value is -0.980. The van der Waals surface area contributed by atoms with Crippen molar-refractivity contribution in [2.45, 2.75) is 25.8 Å². The van der Waals surface area contributed by atoms with Crippen molar-refractivity contribution in [1.29, 1.82) is 0 Å². The van der Waals surface area contributed by atoms with Crippen molar-refractivity contribution < 1.29 is 9.66 Å². The lowest BCUT2D eigenvalue weighted by atomic mass is 10.1. The molecule has 1 N–H and O–H groups in total. The Morgan fingerprint density at radius 1 is 1.37 bits per heavy atom. The number of ether oxygens (including phenoxy) is 1. The van der Waals surface area contributed by atoms with Crippen molar-refractivity contribution in [3.05, 3.63) is 38.3 Å². The molecule has 0 aliphatic carbocycles. The molecule has 0 spiro atoms. The van der Waals surface area contributed by atoms with Crippen LogP contribution in [0.25, 0.3) is 0 Å². The zero-order valence-electron chi connectivity index (χ0n) is 11.0. The van der Waals surface area contributed by atoms with Crippen molar-refractivity contribution in [3.8, 4) is 0 Å². The van der Waals surface area contributed by atoms with Gasteiger partial charge in [0, 0.05) is 36.4 Å². The summed E-state index contributed by atoms with van der Waals surface area (Å²) in [5.41, 5.74) is 0.867. The number of benzene rings is 1. The summed E-state index contributed by atoms with van der Waals surface area (Å²) in [7, 11) is 1.70. The Bertz CT molecular complexity index is 413. The average molecular weight is 331 g/mol. The molecule has 0 aliphatic heterocycles. The standard InChI is InChI=1S/C13H19BrN2O3/c1-19-8-4-2-3-7-15-10-11-5-6-12(14)9-13(11)16(17)18/h5-6,9,15H,2-4,7-8,10H2,1H3. The number of nitrogens with zero attached hydrogens (tertiary/aromatic N) is 1. The van der Waals surface area contributed by atoms with Crippen LogP contribution < -0.4 is 5.32 Å². The molecule has 0 aromatic heterocycles. The molecule has 6 heteroatoms. The Morgan fingerprint density at radius 2 is 2.16 bits per heavy atom. The number of halogens is 1. The molecule has 0 radical (unpaired) electrons. The number of unbranched alkanes of at least 4 members (excludes halogenated alkanes) is 2. The fourth-order valence-corrected chi connectivity index (χ4v) is 2.10. The van der Waals surface area contributed by atoms with Gasteiger partial charge in [0.2, 0.25) is 0 Å². The first-order valence-electron chi connectivity index (χ1n) is 6.27. The summed E-state index contributed by atoms with van der Waals surface area (Å²) in [5.74, 6) is 0. The monoisotopic (exact) mass is 330 g/mol. The van der Waals surface area contributed by atoms with Crippen molar-refractivity contribution in [2.24, 2.45) is 0 Å². The summed E-state index contributed by atoms with van der Waals surface area (Å²) in [6.07, 6.45) is 3.20. The minimum absolute atomic E-state index is 0.154. The summed E-state index contributed by atoms with van der Waals surface area (Å²) < 4.78 is 5.70. The van der Waals surface area contributed by atoms with Crippen LogP contribution in [0, 0.1) is 10.1 Å². The Balaban J connectivity index is 2.35. The molecule has 0 saturated heterocycles. The van der Waals surface area contributed by atoms with E-state index in [4.69, 9.17) is 4.74 Å². The van der Waals surface area contributed by atoms with Gasteiger partial charge in [-0.15, -0.1) is 0 Å². The maximum absolute atomic E-state index is 10.9. The predicted molar refractivity (Wildman–Crippen MR) is 78.2 cm³/mol. The van der Waals surface area contributed by atoms with Gasteiger partial charge in [-0.3, -0.25) is 10.1 Å². The molecule has 0 aliphatic rings. The second-order valence-corrected chi connectivity index (χ2v) is 5.18. The number of nitro groups is 1. The highest BCUT2D eigenvalue weighted by atomic mass is 79.9. The van der Waals surface area contributed by atoms with E-state index in [9.17, 15) is 10.1 Å². The van der Waals surface area contributed by atoms with E-state index in [1.165, 1.54) is 6.07 Å². The minimum Gasteiger partial charge on any atom is -0.385 e. The van der Waals surface area contributed by atoms with E-state index in [1.807, 2.05) is 6.07 Å². The molecule has 0 heterocycles. The van der Waals surface area contributed by atoms with Crippen LogP contribution >= 0.6 is 15.9 Å². The normalized spacial score (nSPS) is 10.6. The van der Waals surface area contributed by atoms with Crippen LogP contribution in [-0.4, -0.2) is 25.2 Å². The van der Waals surface area contributed by atoms with Gasteiger partial charge in [0.15, 0.2) is 0 Å². The lowest BCUT2D eigenvalue weighted by Gasteiger charge is -2.06. The Kier molecular flexibility index (Phi) is 7.62. The molecule has 1 aromatic rings. The second kappa shape index (κ2) is 9.01. The van der Waals surface area contributed by atoms with Crippen molar-refractivity contribution in [3.63, 3.8) is 0 Å². The molecule has 0 saturated carbocycles. The van der Waals surface area contributed by atoms with Gasteiger partial charge in [-0.1, -0.05) is 15.9 Å². The van der Waals surface area contributed by atoms with E-state index in [0.29, 0.717) is 12.1 Å². The summed E-state index contributed by atoms with van der Waals surface area (Å²) >= 11 is 3.24. The highest BCUT2D eigenvalue weighted by Crippen LogP contribution is 2.23. The molecule has 19 heavy (non-hydrogen) atoms. The first kappa shape index (κ1) is 16.1. The van der Waals surface area contributed by atoms with Gasteiger partial charge in [-0.2, -0.15) is 0 Å². The van der Waals surface area contributed by atoms with Crippen LogP contribution in [0.3, 0.4) is 0 Å². The summed E-state index contributed by atoms with van der Waals surface area (Å²) in [6, 6.07) is 5.14. The average Bonchev–Trinajstić information content (AvgIpc) is 2.39. The number of methoxy groups -OCH3 is 1. The third-order valence-corrected chi connectivity index (χ3v) is 3.25. The predicted octanol–water partition coefficient (Wildman–Crippen LogP) is 3.26. The van der Waals surface area contributed by atoms with Crippen LogP contribution in [0.5, 0.6) is 0 Å². The highest BCUT2D eigenvalue weighted by Gasteiger charge is 2.13. The van der Waals surface area contributed by atoms with E-state index < -0.39 is 0 Å². The smallest absolute Gasteiger partial charge is 0.275 e. The van der Waals surface area contributed by atoms with Gasteiger partial charge in [-0.25, -0.2) is 0 Å². The second-order valence-electron chi connectivity index (χ2n) is 4.26. The van der Waals surface area contributed by atoms with Gasteiger partial charge in [0.05, 0.1) is 4.92 Å². The maximum atomic E-state index is 10.9. The van der Waals surface area contributed by atoms with E-state index in [2.05, 4.69) is 21.2 Å². The van der Waals surface area contributed by atoms with Crippen LogP contribution in [0.1, 0.15) is 24.8 Å². The first-order chi connectivity index (χ1) is 9.15. The Labute approximate surface area is 121 Å². The number of hydrogen-bond acceptors (Lipinski definition) is 4. The topological polar surface area (TPSA) is 64.4 Å². The van der Waals surface area contributed by atoms with Crippen molar-refractivity contribution >= 4 is 21.6 Å². The largest absolute Gasteiger partial charge is 0.385 e. The summed E-state index contributed by atoms with van der Waals surface area (Å²) in [5, 5.41) is 14.2. The van der Waals surface area contributed by atoms with Crippen molar-refractivity contribution in [1.82, 2.24) is 5.32 Å². The fourth-order valence-electron chi connectivity index (χ4n) is 1.75. The first-order valence-corrected chi connectivity index (χ1v) is 7.07. The quantitative estimate of drug-likeness (QED) is 0.428. The molecule has 106 valence electrons. The molecule has 1 rings (SSSR count). The van der Waals surface area contributed by atoms with E-state index in [0.717, 1.165) is 36.9 Å². The number of nitrogens with one attached hydrogen (secondary N) is 1. The maximum Gasteiger partial charge on any atom is 0.275 e. The molecule has 5 nitrogen and oxygen atoms in total.